The van der Waals surface area contributed by atoms with Crippen LogP contribution in [0.2, 0.25) is 0 Å². The Balaban J connectivity index is 2.11. The SMILES string of the molecule is NCCCN1CCN(CC=O)CC1. The molecule has 0 bridgehead atoms. The van der Waals surface area contributed by atoms with E-state index in [-0.39, 0.29) is 0 Å². The third kappa shape index (κ3) is 3.85. The molecule has 1 heterocycles. The molecule has 0 radical (unpaired) electrons. The quantitative estimate of drug-likeness (QED) is 0.567. The first-order chi connectivity index (χ1) is 6.36. The highest BCUT2D eigenvalue weighted by atomic mass is 16.1. The van der Waals surface area contributed by atoms with Crippen molar-refractivity contribution in [2.75, 3.05) is 45.8 Å². The molecule has 13 heavy (non-hydrogen) atoms. The Morgan fingerprint density at radius 1 is 1.15 bits per heavy atom. The Bertz CT molecular complexity index is 144. The molecule has 4 nitrogen and oxygen atoms in total. The Labute approximate surface area is 79.7 Å². The highest BCUT2D eigenvalue weighted by Crippen LogP contribution is 2.00. The first-order valence-corrected chi connectivity index (χ1v) is 4.95. The van der Waals surface area contributed by atoms with Gasteiger partial charge in [0.15, 0.2) is 0 Å². The number of hydrogen-bond donors (Lipinski definition) is 1. The molecular weight excluding hydrogens is 166 g/mol. The van der Waals surface area contributed by atoms with Gasteiger partial charge in [0.05, 0.1) is 6.54 Å². The number of hydrogen-bond acceptors (Lipinski definition) is 4. The Morgan fingerprint density at radius 2 is 1.77 bits per heavy atom. The second kappa shape index (κ2) is 6.07. The molecule has 0 spiro atoms. The minimum absolute atomic E-state index is 0.588. The summed E-state index contributed by atoms with van der Waals surface area (Å²) in [6, 6.07) is 0. The fraction of sp³-hybridized carbons (Fsp3) is 0.889. The van der Waals surface area contributed by atoms with Gasteiger partial charge in [-0.15, -0.1) is 0 Å². The van der Waals surface area contributed by atoms with Crippen LogP contribution in [0.15, 0.2) is 0 Å². The van der Waals surface area contributed by atoms with Crippen LogP contribution < -0.4 is 5.73 Å². The summed E-state index contributed by atoms with van der Waals surface area (Å²) in [4.78, 5) is 14.9. The van der Waals surface area contributed by atoms with Crippen molar-refractivity contribution in [1.29, 1.82) is 0 Å². The molecule has 1 aliphatic rings. The maximum absolute atomic E-state index is 10.3. The van der Waals surface area contributed by atoms with Crippen LogP contribution in [-0.4, -0.2) is 61.9 Å². The zero-order valence-corrected chi connectivity index (χ0v) is 8.11. The van der Waals surface area contributed by atoms with Crippen molar-refractivity contribution in [3.63, 3.8) is 0 Å². The van der Waals surface area contributed by atoms with Gasteiger partial charge >= 0.3 is 0 Å². The van der Waals surface area contributed by atoms with Crippen LogP contribution in [-0.2, 0) is 4.79 Å². The van der Waals surface area contributed by atoms with Gasteiger partial charge in [-0.1, -0.05) is 0 Å². The summed E-state index contributed by atoms with van der Waals surface area (Å²) in [6.07, 6.45) is 2.06. The molecular formula is C9H19N3O. The lowest BCUT2D eigenvalue weighted by molar-refractivity contribution is -0.109. The molecule has 4 heteroatoms. The predicted molar refractivity (Wildman–Crippen MR) is 52.6 cm³/mol. The van der Waals surface area contributed by atoms with Crippen molar-refractivity contribution in [3.05, 3.63) is 0 Å². The molecule has 1 saturated heterocycles. The van der Waals surface area contributed by atoms with E-state index in [9.17, 15) is 4.79 Å². The summed E-state index contributed by atoms with van der Waals surface area (Å²) in [5.41, 5.74) is 5.44. The van der Waals surface area contributed by atoms with Crippen molar-refractivity contribution in [2.45, 2.75) is 6.42 Å². The van der Waals surface area contributed by atoms with Gasteiger partial charge in [0, 0.05) is 26.2 Å². The van der Waals surface area contributed by atoms with E-state index in [1.807, 2.05) is 0 Å². The van der Waals surface area contributed by atoms with Gasteiger partial charge in [0.2, 0.25) is 0 Å². The van der Waals surface area contributed by atoms with Crippen LogP contribution in [0.1, 0.15) is 6.42 Å². The van der Waals surface area contributed by atoms with Gasteiger partial charge in [-0.25, -0.2) is 0 Å². The average Bonchev–Trinajstić information content (AvgIpc) is 2.17. The van der Waals surface area contributed by atoms with Gasteiger partial charge in [-0.05, 0) is 19.5 Å². The Kier molecular flexibility index (Phi) is 4.97. The molecule has 0 aromatic heterocycles. The Morgan fingerprint density at radius 3 is 2.31 bits per heavy atom. The summed E-state index contributed by atoms with van der Waals surface area (Å²) in [7, 11) is 0. The molecule has 0 aliphatic carbocycles. The van der Waals surface area contributed by atoms with Crippen LogP contribution in [0.3, 0.4) is 0 Å². The van der Waals surface area contributed by atoms with E-state index < -0.39 is 0 Å². The van der Waals surface area contributed by atoms with E-state index in [4.69, 9.17) is 5.73 Å². The predicted octanol–water partition coefficient (Wildman–Crippen LogP) is -0.848. The molecule has 0 saturated carbocycles. The number of rotatable bonds is 5. The first kappa shape index (κ1) is 10.6. The molecule has 76 valence electrons. The van der Waals surface area contributed by atoms with Gasteiger partial charge < -0.3 is 15.4 Å². The number of carbonyl (C=O) groups is 1. The smallest absolute Gasteiger partial charge is 0.133 e. The van der Waals surface area contributed by atoms with Crippen molar-refractivity contribution in [2.24, 2.45) is 5.73 Å². The molecule has 2 N–H and O–H groups in total. The van der Waals surface area contributed by atoms with E-state index in [1.54, 1.807) is 0 Å². The zero-order chi connectivity index (χ0) is 9.52. The van der Waals surface area contributed by atoms with Gasteiger partial charge in [0.25, 0.3) is 0 Å². The fourth-order valence-corrected chi connectivity index (χ4v) is 1.62. The summed E-state index contributed by atoms with van der Waals surface area (Å²) >= 11 is 0. The highest BCUT2D eigenvalue weighted by Gasteiger charge is 2.14. The number of piperazine rings is 1. The summed E-state index contributed by atoms with van der Waals surface area (Å²) in [6.45, 7) is 6.65. The lowest BCUT2D eigenvalue weighted by Crippen LogP contribution is -2.47. The summed E-state index contributed by atoms with van der Waals surface area (Å²) in [5, 5.41) is 0. The van der Waals surface area contributed by atoms with Crippen LogP contribution in [0.4, 0.5) is 0 Å². The van der Waals surface area contributed by atoms with Crippen LogP contribution >= 0.6 is 0 Å². The van der Waals surface area contributed by atoms with Crippen LogP contribution in [0.25, 0.3) is 0 Å². The second-order valence-corrected chi connectivity index (χ2v) is 3.45. The van der Waals surface area contributed by atoms with Gasteiger partial charge in [-0.3, -0.25) is 4.90 Å². The third-order valence-corrected chi connectivity index (χ3v) is 2.48. The summed E-state index contributed by atoms with van der Waals surface area (Å²) < 4.78 is 0. The number of nitrogens with two attached hydrogens (primary N) is 1. The molecule has 0 unspecified atom stereocenters. The van der Waals surface area contributed by atoms with Crippen molar-refractivity contribution < 1.29 is 4.79 Å². The van der Waals surface area contributed by atoms with Crippen LogP contribution in [0, 0.1) is 0 Å². The maximum Gasteiger partial charge on any atom is 0.133 e. The molecule has 0 aromatic rings. The average molecular weight is 185 g/mol. The van der Waals surface area contributed by atoms with Crippen LogP contribution in [0.5, 0.6) is 0 Å². The number of carbonyl (C=O) groups excluding carboxylic acids is 1. The van der Waals surface area contributed by atoms with Gasteiger partial charge in [-0.2, -0.15) is 0 Å². The highest BCUT2D eigenvalue weighted by molar-refractivity contribution is 5.51. The molecule has 1 fully saturated rings. The molecule has 1 aliphatic heterocycles. The lowest BCUT2D eigenvalue weighted by Gasteiger charge is -2.33. The van der Waals surface area contributed by atoms with E-state index in [2.05, 4.69) is 9.80 Å². The normalized spacial score (nSPS) is 20.4. The third-order valence-electron chi connectivity index (χ3n) is 2.48. The maximum atomic E-state index is 10.3. The largest absolute Gasteiger partial charge is 0.330 e. The second-order valence-electron chi connectivity index (χ2n) is 3.45. The molecule has 0 aromatic carbocycles. The minimum atomic E-state index is 0.588. The van der Waals surface area contributed by atoms with E-state index in [0.717, 1.165) is 52.0 Å². The monoisotopic (exact) mass is 185 g/mol. The number of nitrogens with zero attached hydrogens (tertiary/aromatic N) is 2. The van der Waals surface area contributed by atoms with Gasteiger partial charge in [0.1, 0.15) is 6.29 Å². The van der Waals surface area contributed by atoms with Crippen molar-refractivity contribution >= 4 is 6.29 Å². The van der Waals surface area contributed by atoms with E-state index in [0.29, 0.717) is 6.54 Å². The summed E-state index contributed by atoms with van der Waals surface area (Å²) in [5.74, 6) is 0. The van der Waals surface area contributed by atoms with Crippen molar-refractivity contribution in [3.8, 4) is 0 Å². The standard InChI is InChI=1S/C9H19N3O/c10-2-1-3-11-4-6-12(7-5-11)8-9-13/h9H,1-8,10H2. The fourth-order valence-electron chi connectivity index (χ4n) is 1.62. The first-order valence-electron chi connectivity index (χ1n) is 4.95. The zero-order valence-electron chi connectivity index (χ0n) is 8.11. The molecule has 0 atom stereocenters. The lowest BCUT2D eigenvalue weighted by atomic mass is 10.3. The van der Waals surface area contributed by atoms with Crippen molar-refractivity contribution in [1.82, 2.24) is 9.80 Å². The topological polar surface area (TPSA) is 49.6 Å². The molecule has 0 amide bonds. The number of aldehydes is 1. The Hall–Kier alpha value is -0.450. The molecule has 1 rings (SSSR count). The minimum Gasteiger partial charge on any atom is -0.330 e. The van der Waals surface area contributed by atoms with E-state index in [1.165, 1.54) is 0 Å². The van der Waals surface area contributed by atoms with E-state index >= 15 is 0 Å².